The zero-order valence-corrected chi connectivity index (χ0v) is 18.0. The fraction of sp³-hybridized carbons (Fsp3) is 0.650. The van der Waals surface area contributed by atoms with E-state index < -0.39 is 23.9 Å². The fourth-order valence-corrected chi connectivity index (χ4v) is 3.42. The van der Waals surface area contributed by atoms with Crippen molar-refractivity contribution in [3.8, 4) is 0 Å². The number of benzene rings is 1. The van der Waals surface area contributed by atoms with Gasteiger partial charge in [-0.15, -0.1) is 0 Å². The van der Waals surface area contributed by atoms with Crippen LogP contribution in [-0.2, 0) is 14.0 Å². The Kier molecular flexibility index (Phi) is 5.07. The van der Waals surface area contributed by atoms with Crippen LogP contribution in [0.3, 0.4) is 0 Å². The lowest BCUT2D eigenvalue weighted by atomic mass is 9.71. The van der Waals surface area contributed by atoms with Crippen LogP contribution >= 0.6 is 11.6 Å². The first-order valence-electron chi connectivity index (χ1n) is 9.42. The van der Waals surface area contributed by atoms with Gasteiger partial charge in [-0.3, -0.25) is 0 Å². The van der Waals surface area contributed by atoms with Gasteiger partial charge in [-0.2, -0.15) is 0 Å². The molecule has 0 aliphatic carbocycles. The summed E-state index contributed by atoms with van der Waals surface area (Å²) >= 11 is 6.26. The number of hydrogen-bond acceptors (Lipinski definition) is 4. The molecule has 0 N–H and O–H groups in total. The highest BCUT2D eigenvalue weighted by Crippen LogP contribution is 2.38. The van der Waals surface area contributed by atoms with Crippen molar-refractivity contribution >= 4 is 30.3 Å². The Morgan fingerprint density at radius 3 is 2.26 bits per heavy atom. The van der Waals surface area contributed by atoms with Crippen LogP contribution in [0.25, 0.3) is 0 Å². The van der Waals surface area contributed by atoms with E-state index >= 15 is 0 Å². The molecule has 2 saturated heterocycles. The first kappa shape index (κ1) is 20.5. The van der Waals surface area contributed by atoms with E-state index in [-0.39, 0.29) is 12.0 Å². The first-order valence-corrected chi connectivity index (χ1v) is 9.80. The van der Waals surface area contributed by atoms with Crippen molar-refractivity contribution in [3.05, 3.63) is 28.8 Å². The van der Waals surface area contributed by atoms with E-state index in [0.717, 1.165) is 11.0 Å². The highest BCUT2D eigenvalue weighted by atomic mass is 35.5. The number of likely N-dealkylation sites (tertiary alicyclic amines) is 1. The quantitative estimate of drug-likeness (QED) is 0.713. The Balaban J connectivity index is 1.77. The van der Waals surface area contributed by atoms with E-state index in [1.165, 1.54) is 0 Å². The predicted molar refractivity (Wildman–Crippen MR) is 108 cm³/mol. The minimum Gasteiger partial charge on any atom is -0.444 e. The minimum absolute atomic E-state index is 0.212. The highest BCUT2D eigenvalue weighted by molar-refractivity contribution is 6.63. The molecule has 0 spiro atoms. The topological polar surface area (TPSA) is 48.0 Å². The van der Waals surface area contributed by atoms with Gasteiger partial charge in [-0.25, -0.2) is 4.79 Å². The largest absolute Gasteiger partial charge is 0.495 e. The molecule has 148 valence electrons. The Morgan fingerprint density at radius 2 is 1.74 bits per heavy atom. The second-order valence-electron chi connectivity index (χ2n) is 9.44. The van der Waals surface area contributed by atoms with E-state index in [0.29, 0.717) is 18.1 Å². The summed E-state index contributed by atoms with van der Waals surface area (Å²) < 4.78 is 17.9. The number of hydrogen-bond donors (Lipinski definition) is 0. The van der Waals surface area contributed by atoms with Crippen molar-refractivity contribution in [2.24, 2.45) is 0 Å². The number of ether oxygens (including phenoxy) is 1. The number of rotatable bonds is 2. The monoisotopic (exact) mass is 393 g/mol. The van der Waals surface area contributed by atoms with Crippen LogP contribution in [0.4, 0.5) is 4.79 Å². The van der Waals surface area contributed by atoms with Crippen LogP contribution in [-0.4, -0.2) is 48.0 Å². The molecule has 1 aromatic carbocycles. The Bertz CT molecular complexity index is 722. The smallest absolute Gasteiger partial charge is 0.444 e. The lowest BCUT2D eigenvalue weighted by Gasteiger charge is -2.40. The fourth-order valence-electron chi connectivity index (χ4n) is 3.24. The molecule has 0 saturated carbocycles. The van der Waals surface area contributed by atoms with Crippen LogP contribution in [0, 0.1) is 0 Å². The van der Waals surface area contributed by atoms with Crippen molar-refractivity contribution in [3.63, 3.8) is 0 Å². The number of carbonyl (C=O) groups is 1. The molecule has 0 radical (unpaired) electrons. The molecule has 1 amide bonds. The lowest BCUT2D eigenvalue weighted by Crippen LogP contribution is -2.52. The van der Waals surface area contributed by atoms with Gasteiger partial charge in [0.05, 0.1) is 11.2 Å². The van der Waals surface area contributed by atoms with Crippen LogP contribution in [0.5, 0.6) is 0 Å². The van der Waals surface area contributed by atoms with E-state index in [9.17, 15) is 4.79 Å². The molecule has 0 unspecified atom stereocenters. The van der Waals surface area contributed by atoms with Gasteiger partial charge in [0.1, 0.15) is 5.60 Å². The number of amides is 1. The lowest BCUT2D eigenvalue weighted by molar-refractivity contribution is 0.00578. The number of nitrogens with zero attached hydrogens (tertiary/aromatic N) is 1. The van der Waals surface area contributed by atoms with Crippen molar-refractivity contribution in [2.45, 2.75) is 71.2 Å². The van der Waals surface area contributed by atoms with Gasteiger partial charge in [0.25, 0.3) is 0 Å². The molecule has 0 aromatic heterocycles. The van der Waals surface area contributed by atoms with E-state index in [4.69, 9.17) is 25.6 Å². The second-order valence-corrected chi connectivity index (χ2v) is 9.88. The maximum absolute atomic E-state index is 12.2. The highest BCUT2D eigenvalue weighted by Gasteiger charge is 2.52. The summed E-state index contributed by atoms with van der Waals surface area (Å²) in [5.41, 5.74) is 0.725. The first-order chi connectivity index (χ1) is 12.3. The van der Waals surface area contributed by atoms with Crippen molar-refractivity contribution in [1.29, 1.82) is 0 Å². The molecule has 1 aromatic rings. The third-order valence-electron chi connectivity index (χ3n) is 5.53. The molecule has 27 heavy (non-hydrogen) atoms. The Morgan fingerprint density at radius 1 is 1.19 bits per heavy atom. The number of halogens is 1. The molecular weight excluding hydrogens is 364 g/mol. The molecule has 2 aliphatic rings. The molecular formula is C20H29BClNO4. The van der Waals surface area contributed by atoms with Gasteiger partial charge in [0, 0.05) is 24.0 Å². The Hall–Kier alpha value is -1.24. The van der Waals surface area contributed by atoms with Crippen LogP contribution in [0.15, 0.2) is 18.2 Å². The normalized spacial score (nSPS) is 21.9. The van der Waals surface area contributed by atoms with Gasteiger partial charge in [0.2, 0.25) is 0 Å². The summed E-state index contributed by atoms with van der Waals surface area (Å²) in [5, 5.41) is 0.645. The molecule has 0 bridgehead atoms. The maximum atomic E-state index is 12.2. The average molecular weight is 394 g/mol. The number of carbonyl (C=O) groups excluding carboxylic acids is 1. The van der Waals surface area contributed by atoms with Crippen molar-refractivity contribution in [1.82, 2.24) is 4.90 Å². The van der Waals surface area contributed by atoms with Gasteiger partial charge in [-0.05, 0) is 71.6 Å². The zero-order chi connectivity index (χ0) is 20.2. The molecule has 2 aliphatic heterocycles. The minimum atomic E-state index is -0.490. The SMILES string of the molecule is CC(C)(C)OC(=O)N1CC(c2ccc(Cl)cc2B2OC(C)(C)C(C)(C)O2)C1. The summed E-state index contributed by atoms with van der Waals surface area (Å²) in [5.74, 6) is 0.212. The standard InChI is InChI=1S/C20H29BClNO4/c1-18(2,3)25-17(24)23-11-13(12-23)15-9-8-14(22)10-16(15)21-26-19(4,5)20(6,7)27-21/h8-10,13H,11-12H2,1-7H3. The van der Waals surface area contributed by atoms with Crippen LogP contribution in [0.2, 0.25) is 5.02 Å². The molecule has 2 heterocycles. The van der Waals surface area contributed by atoms with Crippen LogP contribution < -0.4 is 5.46 Å². The maximum Gasteiger partial charge on any atom is 0.495 e. The van der Waals surface area contributed by atoms with Gasteiger partial charge >= 0.3 is 13.2 Å². The third-order valence-corrected chi connectivity index (χ3v) is 5.76. The molecule has 0 atom stereocenters. The molecule has 5 nitrogen and oxygen atoms in total. The predicted octanol–water partition coefficient (Wildman–Crippen LogP) is 3.97. The summed E-state index contributed by atoms with van der Waals surface area (Å²) in [6.07, 6.45) is -0.273. The molecule has 2 fully saturated rings. The van der Waals surface area contributed by atoms with Gasteiger partial charge < -0.3 is 18.9 Å². The summed E-state index contributed by atoms with van der Waals surface area (Å²) in [4.78, 5) is 13.9. The van der Waals surface area contributed by atoms with Crippen molar-refractivity contribution < 1.29 is 18.8 Å². The van der Waals surface area contributed by atoms with Crippen LogP contribution in [0.1, 0.15) is 59.9 Å². The zero-order valence-electron chi connectivity index (χ0n) is 17.3. The summed E-state index contributed by atoms with van der Waals surface area (Å²) in [6, 6.07) is 5.80. The van der Waals surface area contributed by atoms with E-state index in [2.05, 4.69) is 0 Å². The average Bonchev–Trinajstić information content (AvgIpc) is 2.65. The Labute approximate surface area is 167 Å². The third kappa shape index (κ3) is 4.13. The van der Waals surface area contributed by atoms with E-state index in [1.807, 2.05) is 66.7 Å². The van der Waals surface area contributed by atoms with E-state index in [1.54, 1.807) is 4.90 Å². The summed E-state index contributed by atoms with van der Waals surface area (Å²) in [6.45, 7) is 15.0. The van der Waals surface area contributed by atoms with Crippen molar-refractivity contribution in [2.75, 3.05) is 13.1 Å². The molecule has 3 rings (SSSR count). The second kappa shape index (κ2) is 6.68. The molecule has 7 heteroatoms. The summed E-state index contributed by atoms with van der Waals surface area (Å²) in [7, 11) is -0.473. The van der Waals surface area contributed by atoms with Gasteiger partial charge in [-0.1, -0.05) is 17.7 Å². The van der Waals surface area contributed by atoms with Gasteiger partial charge in [0.15, 0.2) is 0 Å².